The van der Waals surface area contributed by atoms with Gasteiger partial charge in [-0.15, -0.1) is 0 Å². The lowest BCUT2D eigenvalue weighted by Crippen LogP contribution is -1.99. The van der Waals surface area contributed by atoms with E-state index in [2.05, 4.69) is 29.3 Å². The fourth-order valence-electron chi connectivity index (χ4n) is 4.03. The standard InChI is InChI=1S/C32H39NO4/c34-32(35)29-15-19-31(20-16-29)37-26-10-8-6-4-2-1-3-5-7-9-25-36-30-17-13-27(14-18-30)11-12-28-21-23-33-24-22-28/h11-24H,1-10,25-26H2,(H,34,35)/b12-11+. The predicted octanol–water partition coefficient (Wildman–Crippen LogP) is 8.31. The SMILES string of the molecule is O=C(O)c1ccc(OCCCCCCCCCCCCOc2ccc(/C=C/c3ccncc3)cc2)cc1. The quantitative estimate of drug-likeness (QED) is 0.178. The van der Waals surface area contributed by atoms with Crippen molar-refractivity contribution in [3.05, 3.63) is 89.7 Å². The van der Waals surface area contributed by atoms with Gasteiger partial charge < -0.3 is 14.6 Å². The lowest BCUT2D eigenvalue weighted by molar-refractivity contribution is 0.0697. The number of aromatic carboxylic acids is 1. The Morgan fingerprint density at radius 3 is 1.46 bits per heavy atom. The minimum atomic E-state index is -0.913. The number of pyridine rings is 1. The molecule has 0 aliphatic rings. The monoisotopic (exact) mass is 501 g/mol. The van der Waals surface area contributed by atoms with Gasteiger partial charge in [0.1, 0.15) is 11.5 Å². The summed E-state index contributed by atoms with van der Waals surface area (Å²) < 4.78 is 11.6. The molecule has 1 heterocycles. The Balaban J connectivity index is 1.10. The fourth-order valence-corrected chi connectivity index (χ4v) is 4.03. The average Bonchev–Trinajstić information content (AvgIpc) is 2.93. The maximum Gasteiger partial charge on any atom is 0.335 e. The van der Waals surface area contributed by atoms with Crippen LogP contribution < -0.4 is 9.47 Å². The lowest BCUT2D eigenvalue weighted by Gasteiger charge is -2.07. The van der Waals surface area contributed by atoms with Crippen LogP contribution in [0.5, 0.6) is 11.5 Å². The highest BCUT2D eigenvalue weighted by Crippen LogP contribution is 2.16. The van der Waals surface area contributed by atoms with Crippen molar-refractivity contribution in [1.82, 2.24) is 4.98 Å². The topological polar surface area (TPSA) is 68.7 Å². The number of nitrogens with zero attached hydrogens (tertiary/aromatic N) is 1. The molecule has 0 atom stereocenters. The Bertz CT molecular complexity index is 1050. The van der Waals surface area contributed by atoms with Crippen LogP contribution in [0.2, 0.25) is 0 Å². The van der Waals surface area contributed by atoms with E-state index in [1.165, 1.54) is 51.4 Å². The van der Waals surface area contributed by atoms with Gasteiger partial charge in [-0.2, -0.15) is 0 Å². The summed E-state index contributed by atoms with van der Waals surface area (Å²) in [5, 5.41) is 8.91. The second-order valence-corrected chi connectivity index (χ2v) is 9.24. The van der Waals surface area contributed by atoms with Gasteiger partial charge in [0.25, 0.3) is 0 Å². The summed E-state index contributed by atoms with van der Waals surface area (Å²) >= 11 is 0. The van der Waals surface area contributed by atoms with Crippen molar-refractivity contribution in [3.63, 3.8) is 0 Å². The number of ether oxygens (including phenoxy) is 2. The van der Waals surface area contributed by atoms with Crippen LogP contribution in [0.15, 0.2) is 73.1 Å². The minimum Gasteiger partial charge on any atom is -0.494 e. The molecular formula is C32H39NO4. The Labute approximate surface area is 221 Å². The van der Waals surface area contributed by atoms with E-state index < -0.39 is 5.97 Å². The van der Waals surface area contributed by atoms with Gasteiger partial charge in [0.05, 0.1) is 18.8 Å². The van der Waals surface area contributed by atoms with Crippen LogP contribution in [0, 0.1) is 0 Å². The summed E-state index contributed by atoms with van der Waals surface area (Å²) in [6.45, 7) is 1.46. The third-order valence-corrected chi connectivity index (χ3v) is 6.23. The molecule has 0 amide bonds. The first kappa shape index (κ1) is 28.0. The molecule has 0 saturated carbocycles. The highest BCUT2D eigenvalue weighted by Gasteiger charge is 2.02. The third kappa shape index (κ3) is 11.8. The zero-order valence-electron chi connectivity index (χ0n) is 21.7. The Hall–Kier alpha value is -3.60. The Kier molecular flexibility index (Phi) is 12.8. The molecule has 0 bridgehead atoms. The van der Waals surface area contributed by atoms with E-state index >= 15 is 0 Å². The normalized spacial score (nSPS) is 11.0. The number of rotatable bonds is 18. The van der Waals surface area contributed by atoms with Crippen LogP contribution in [-0.4, -0.2) is 29.3 Å². The summed E-state index contributed by atoms with van der Waals surface area (Å²) in [5.41, 5.74) is 2.58. The van der Waals surface area contributed by atoms with Gasteiger partial charge in [0.2, 0.25) is 0 Å². The molecule has 1 aromatic heterocycles. The van der Waals surface area contributed by atoms with Gasteiger partial charge in [0, 0.05) is 12.4 Å². The Morgan fingerprint density at radius 2 is 1.00 bits per heavy atom. The van der Waals surface area contributed by atoms with E-state index in [-0.39, 0.29) is 5.56 Å². The molecule has 0 unspecified atom stereocenters. The molecule has 0 spiro atoms. The van der Waals surface area contributed by atoms with Crippen LogP contribution in [0.3, 0.4) is 0 Å². The highest BCUT2D eigenvalue weighted by molar-refractivity contribution is 5.87. The van der Waals surface area contributed by atoms with Crippen LogP contribution in [0.4, 0.5) is 0 Å². The average molecular weight is 502 g/mol. The zero-order valence-corrected chi connectivity index (χ0v) is 21.7. The molecule has 0 aliphatic heterocycles. The van der Waals surface area contributed by atoms with Gasteiger partial charge in [0.15, 0.2) is 0 Å². The van der Waals surface area contributed by atoms with Crippen molar-refractivity contribution in [1.29, 1.82) is 0 Å². The van der Waals surface area contributed by atoms with E-state index in [1.54, 1.807) is 36.7 Å². The first-order chi connectivity index (χ1) is 18.2. The fraction of sp³-hybridized carbons (Fsp3) is 0.375. The maximum absolute atomic E-state index is 10.9. The number of carboxylic acids is 1. The largest absolute Gasteiger partial charge is 0.494 e. The molecule has 0 radical (unpaired) electrons. The highest BCUT2D eigenvalue weighted by atomic mass is 16.5. The van der Waals surface area contributed by atoms with Crippen LogP contribution in [-0.2, 0) is 0 Å². The second-order valence-electron chi connectivity index (χ2n) is 9.24. The molecule has 0 aliphatic carbocycles. The number of carbonyl (C=O) groups is 1. The van der Waals surface area contributed by atoms with Gasteiger partial charge in [-0.25, -0.2) is 4.79 Å². The van der Waals surface area contributed by atoms with Crippen LogP contribution >= 0.6 is 0 Å². The number of aromatic nitrogens is 1. The number of unbranched alkanes of at least 4 members (excludes halogenated alkanes) is 9. The van der Waals surface area contributed by atoms with Gasteiger partial charge in [-0.1, -0.05) is 75.7 Å². The van der Waals surface area contributed by atoms with Crippen LogP contribution in [0.25, 0.3) is 12.2 Å². The minimum absolute atomic E-state index is 0.286. The van der Waals surface area contributed by atoms with E-state index in [9.17, 15) is 4.79 Å². The van der Waals surface area contributed by atoms with E-state index in [0.29, 0.717) is 6.61 Å². The molecule has 1 N–H and O–H groups in total. The van der Waals surface area contributed by atoms with Crippen molar-refractivity contribution in [2.45, 2.75) is 64.2 Å². The smallest absolute Gasteiger partial charge is 0.335 e. The number of hydrogen-bond donors (Lipinski definition) is 1. The van der Waals surface area contributed by atoms with E-state index in [1.807, 2.05) is 24.3 Å². The number of benzene rings is 2. The lowest BCUT2D eigenvalue weighted by atomic mass is 10.1. The van der Waals surface area contributed by atoms with E-state index in [4.69, 9.17) is 14.6 Å². The molecular weight excluding hydrogens is 462 g/mol. The summed E-state index contributed by atoms with van der Waals surface area (Å²) in [6.07, 6.45) is 20.0. The van der Waals surface area contributed by atoms with E-state index in [0.717, 1.165) is 42.1 Å². The van der Waals surface area contributed by atoms with Crippen molar-refractivity contribution < 1.29 is 19.4 Å². The Morgan fingerprint density at radius 1 is 0.595 bits per heavy atom. The number of carboxylic acid groups (broad SMARTS) is 1. The third-order valence-electron chi connectivity index (χ3n) is 6.23. The zero-order chi connectivity index (χ0) is 26.0. The molecule has 0 saturated heterocycles. The second kappa shape index (κ2) is 17.0. The number of hydrogen-bond acceptors (Lipinski definition) is 4. The molecule has 3 aromatic rings. The molecule has 3 rings (SSSR count). The van der Waals surface area contributed by atoms with Crippen molar-refractivity contribution in [2.75, 3.05) is 13.2 Å². The molecule has 196 valence electrons. The molecule has 5 heteroatoms. The van der Waals surface area contributed by atoms with Crippen molar-refractivity contribution >= 4 is 18.1 Å². The van der Waals surface area contributed by atoms with Gasteiger partial charge in [-0.05, 0) is 72.5 Å². The molecule has 5 nitrogen and oxygen atoms in total. The van der Waals surface area contributed by atoms with Gasteiger partial charge >= 0.3 is 5.97 Å². The predicted molar refractivity (Wildman–Crippen MR) is 150 cm³/mol. The van der Waals surface area contributed by atoms with Crippen molar-refractivity contribution in [3.8, 4) is 11.5 Å². The summed E-state index contributed by atoms with van der Waals surface area (Å²) in [6, 6.07) is 18.8. The first-order valence-corrected chi connectivity index (χ1v) is 13.5. The molecule has 37 heavy (non-hydrogen) atoms. The summed E-state index contributed by atoms with van der Waals surface area (Å²) in [4.78, 5) is 14.9. The molecule has 0 fully saturated rings. The van der Waals surface area contributed by atoms with Crippen molar-refractivity contribution in [2.24, 2.45) is 0 Å². The summed E-state index contributed by atoms with van der Waals surface area (Å²) in [7, 11) is 0. The summed E-state index contributed by atoms with van der Waals surface area (Å²) in [5.74, 6) is 0.755. The first-order valence-electron chi connectivity index (χ1n) is 13.5. The van der Waals surface area contributed by atoms with Crippen LogP contribution in [0.1, 0.15) is 85.7 Å². The van der Waals surface area contributed by atoms with Gasteiger partial charge in [-0.3, -0.25) is 4.98 Å². The molecule has 2 aromatic carbocycles. The maximum atomic E-state index is 10.9.